The highest BCUT2D eigenvalue weighted by Gasteiger charge is 2.21. The number of imidazole rings is 1. The number of aromatic nitrogens is 3. The molecule has 0 atom stereocenters. The van der Waals surface area contributed by atoms with Gasteiger partial charge in [-0.1, -0.05) is 18.2 Å². The molecule has 1 aliphatic heterocycles. The van der Waals surface area contributed by atoms with Crippen molar-refractivity contribution < 1.29 is 4.79 Å². The summed E-state index contributed by atoms with van der Waals surface area (Å²) in [4.78, 5) is 23.6. The van der Waals surface area contributed by atoms with Gasteiger partial charge < -0.3 is 14.8 Å². The lowest BCUT2D eigenvalue weighted by atomic mass is 10.0. The topological polar surface area (TPSA) is 63.1 Å². The Balaban J connectivity index is 1.26. The van der Waals surface area contributed by atoms with Crippen molar-refractivity contribution >= 4 is 22.8 Å². The van der Waals surface area contributed by atoms with Gasteiger partial charge in [-0.2, -0.15) is 0 Å². The van der Waals surface area contributed by atoms with E-state index in [1.165, 1.54) is 0 Å². The van der Waals surface area contributed by atoms with Crippen LogP contribution < -0.4 is 10.2 Å². The molecular formula is C21H25N5O. The van der Waals surface area contributed by atoms with Gasteiger partial charge in [-0.15, -0.1) is 0 Å². The van der Waals surface area contributed by atoms with Gasteiger partial charge in [0.25, 0.3) is 0 Å². The van der Waals surface area contributed by atoms with Gasteiger partial charge in [0.15, 0.2) is 0 Å². The smallest absolute Gasteiger partial charge is 0.222 e. The van der Waals surface area contributed by atoms with Crippen molar-refractivity contribution in [1.82, 2.24) is 19.9 Å². The van der Waals surface area contributed by atoms with E-state index in [2.05, 4.69) is 26.3 Å². The van der Waals surface area contributed by atoms with Crippen LogP contribution in [0.2, 0.25) is 0 Å². The molecule has 1 N–H and O–H groups in total. The maximum Gasteiger partial charge on any atom is 0.222 e. The number of pyridine rings is 1. The average Bonchev–Trinajstić information content (AvgIpc) is 3.10. The van der Waals surface area contributed by atoms with Crippen LogP contribution >= 0.6 is 0 Å². The van der Waals surface area contributed by atoms with E-state index in [4.69, 9.17) is 0 Å². The lowest BCUT2D eigenvalue weighted by Gasteiger charge is -2.33. The van der Waals surface area contributed by atoms with Crippen LogP contribution in [-0.4, -0.2) is 39.6 Å². The van der Waals surface area contributed by atoms with Crippen molar-refractivity contribution in [2.45, 2.75) is 38.8 Å². The molecule has 1 aromatic carbocycles. The molecule has 4 rings (SSSR count). The fraction of sp³-hybridized carbons (Fsp3) is 0.381. The van der Waals surface area contributed by atoms with E-state index in [1.807, 2.05) is 54.2 Å². The third-order valence-electron chi connectivity index (χ3n) is 5.16. The van der Waals surface area contributed by atoms with Crippen molar-refractivity contribution in [3.05, 3.63) is 54.5 Å². The number of rotatable bonds is 5. The quantitative estimate of drug-likeness (QED) is 0.757. The molecule has 3 heterocycles. The van der Waals surface area contributed by atoms with E-state index in [1.54, 1.807) is 0 Å². The molecule has 0 bridgehead atoms. The summed E-state index contributed by atoms with van der Waals surface area (Å²) in [6.45, 7) is 4.51. The summed E-state index contributed by atoms with van der Waals surface area (Å²) in [5.74, 6) is 1.15. The first-order valence-electron chi connectivity index (χ1n) is 9.57. The highest BCUT2D eigenvalue weighted by atomic mass is 16.1. The predicted molar refractivity (Wildman–Crippen MR) is 107 cm³/mol. The maximum absolute atomic E-state index is 12.4. The molecule has 0 saturated carbocycles. The second-order valence-electron chi connectivity index (χ2n) is 7.14. The van der Waals surface area contributed by atoms with Crippen molar-refractivity contribution in [1.29, 1.82) is 0 Å². The van der Waals surface area contributed by atoms with Gasteiger partial charge in [0.1, 0.15) is 5.82 Å². The summed E-state index contributed by atoms with van der Waals surface area (Å²) in [6.07, 6.45) is 4.19. The fourth-order valence-electron chi connectivity index (χ4n) is 3.67. The molecule has 0 unspecified atom stereocenters. The normalized spacial score (nSPS) is 15.2. The Morgan fingerprint density at radius 1 is 1.15 bits per heavy atom. The maximum atomic E-state index is 12.4. The van der Waals surface area contributed by atoms with Gasteiger partial charge in [0.2, 0.25) is 5.91 Å². The highest BCUT2D eigenvalue weighted by Crippen LogP contribution is 2.18. The van der Waals surface area contributed by atoms with Gasteiger partial charge in [-0.05, 0) is 44.0 Å². The zero-order valence-electron chi connectivity index (χ0n) is 15.6. The molecule has 0 spiro atoms. The molecule has 2 aromatic heterocycles. The molecular weight excluding hydrogens is 338 g/mol. The highest BCUT2D eigenvalue weighted by molar-refractivity contribution is 5.77. The molecule has 140 valence electrons. The molecule has 1 aliphatic rings. The second kappa shape index (κ2) is 7.78. The number of amides is 1. The monoisotopic (exact) mass is 363 g/mol. The molecule has 6 heteroatoms. The Labute approximate surface area is 159 Å². The minimum absolute atomic E-state index is 0.111. The number of benzene rings is 1. The van der Waals surface area contributed by atoms with E-state index in [0.29, 0.717) is 13.0 Å². The zero-order valence-corrected chi connectivity index (χ0v) is 15.6. The van der Waals surface area contributed by atoms with E-state index < -0.39 is 0 Å². The Bertz CT molecular complexity index is 927. The minimum Gasteiger partial charge on any atom is -0.356 e. The number of para-hydroxylation sites is 2. The SMILES string of the molecule is Cc1cccc(N2CCC(NC(=O)CCn3cnc4ccccc43)CC2)n1. The number of hydrogen-bond donors (Lipinski definition) is 1. The third kappa shape index (κ3) is 4.10. The van der Waals surface area contributed by atoms with Crippen LogP contribution in [0.5, 0.6) is 0 Å². The number of anilines is 1. The summed E-state index contributed by atoms with van der Waals surface area (Å²) in [6, 6.07) is 14.4. The summed E-state index contributed by atoms with van der Waals surface area (Å²) < 4.78 is 2.04. The molecule has 0 aliphatic carbocycles. The molecule has 3 aromatic rings. The van der Waals surface area contributed by atoms with Crippen molar-refractivity contribution in [2.75, 3.05) is 18.0 Å². The lowest BCUT2D eigenvalue weighted by Crippen LogP contribution is -2.45. The third-order valence-corrected chi connectivity index (χ3v) is 5.16. The number of carbonyl (C=O) groups excluding carboxylic acids is 1. The van der Waals surface area contributed by atoms with Gasteiger partial charge in [0, 0.05) is 37.8 Å². The van der Waals surface area contributed by atoms with Gasteiger partial charge in [0.05, 0.1) is 17.4 Å². The van der Waals surface area contributed by atoms with E-state index in [9.17, 15) is 4.79 Å². The first kappa shape index (κ1) is 17.5. The number of nitrogens with one attached hydrogen (secondary N) is 1. The van der Waals surface area contributed by atoms with E-state index >= 15 is 0 Å². The number of nitrogens with zero attached hydrogens (tertiary/aromatic N) is 4. The number of aryl methyl sites for hydroxylation is 2. The van der Waals surface area contributed by atoms with Crippen LogP contribution in [0, 0.1) is 6.92 Å². The van der Waals surface area contributed by atoms with E-state index in [0.717, 1.165) is 48.5 Å². The number of fused-ring (bicyclic) bond motifs is 1. The zero-order chi connectivity index (χ0) is 18.6. The summed E-state index contributed by atoms with van der Waals surface area (Å²) in [5.41, 5.74) is 3.08. The lowest BCUT2D eigenvalue weighted by molar-refractivity contribution is -0.122. The molecule has 0 radical (unpaired) electrons. The van der Waals surface area contributed by atoms with Crippen LogP contribution in [0.1, 0.15) is 25.0 Å². The molecule has 1 saturated heterocycles. The largest absolute Gasteiger partial charge is 0.356 e. The standard InChI is InChI=1S/C21H25N5O/c1-16-5-4-8-20(23-16)25-12-9-17(10-13-25)24-21(27)11-14-26-15-22-18-6-2-3-7-19(18)26/h2-8,15,17H,9-14H2,1H3,(H,24,27). The Morgan fingerprint density at radius 2 is 1.96 bits per heavy atom. The number of hydrogen-bond acceptors (Lipinski definition) is 4. The average molecular weight is 363 g/mol. The predicted octanol–water partition coefficient (Wildman–Crippen LogP) is 2.92. The second-order valence-corrected chi connectivity index (χ2v) is 7.14. The Kier molecular flexibility index (Phi) is 5.05. The molecule has 1 amide bonds. The van der Waals surface area contributed by atoms with Crippen LogP contribution in [-0.2, 0) is 11.3 Å². The minimum atomic E-state index is 0.111. The van der Waals surface area contributed by atoms with Crippen LogP contribution in [0.15, 0.2) is 48.8 Å². The fourth-order valence-corrected chi connectivity index (χ4v) is 3.67. The first-order chi connectivity index (χ1) is 13.2. The van der Waals surface area contributed by atoms with Crippen molar-refractivity contribution in [3.63, 3.8) is 0 Å². The Morgan fingerprint density at radius 3 is 2.78 bits per heavy atom. The summed E-state index contributed by atoms with van der Waals surface area (Å²) >= 11 is 0. The van der Waals surface area contributed by atoms with Crippen molar-refractivity contribution in [2.24, 2.45) is 0 Å². The van der Waals surface area contributed by atoms with Crippen LogP contribution in [0.4, 0.5) is 5.82 Å². The van der Waals surface area contributed by atoms with Gasteiger partial charge in [-0.3, -0.25) is 4.79 Å². The van der Waals surface area contributed by atoms with Crippen molar-refractivity contribution in [3.8, 4) is 0 Å². The molecule has 27 heavy (non-hydrogen) atoms. The van der Waals surface area contributed by atoms with E-state index in [-0.39, 0.29) is 11.9 Å². The number of carbonyl (C=O) groups is 1. The van der Waals surface area contributed by atoms with Gasteiger partial charge >= 0.3 is 0 Å². The Hall–Kier alpha value is -2.89. The molecule has 6 nitrogen and oxygen atoms in total. The summed E-state index contributed by atoms with van der Waals surface area (Å²) in [7, 11) is 0. The number of piperidine rings is 1. The van der Waals surface area contributed by atoms with Crippen LogP contribution in [0.3, 0.4) is 0 Å². The van der Waals surface area contributed by atoms with Gasteiger partial charge in [-0.25, -0.2) is 9.97 Å². The summed E-state index contributed by atoms with van der Waals surface area (Å²) in [5, 5.41) is 3.19. The first-order valence-corrected chi connectivity index (χ1v) is 9.57. The molecule has 1 fully saturated rings. The van der Waals surface area contributed by atoms with Crippen LogP contribution in [0.25, 0.3) is 11.0 Å².